The van der Waals surface area contributed by atoms with Crippen LogP contribution in [0.5, 0.6) is 11.5 Å². The van der Waals surface area contributed by atoms with Crippen molar-refractivity contribution in [3.8, 4) is 11.5 Å². The molecule has 1 aromatic heterocycles. The molecular formula is C21H20N2O7S. The molecule has 1 fully saturated rings. The topological polar surface area (TPSA) is 108 Å². The van der Waals surface area contributed by atoms with Gasteiger partial charge < -0.3 is 13.9 Å². The van der Waals surface area contributed by atoms with E-state index in [1.54, 1.807) is 18.2 Å². The van der Waals surface area contributed by atoms with Gasteiger partial charge in [-0.25, -0.2) is 13.2 Å². The molecule has 2 aliphatic rings. The molecule has 5 rings (SSSR count). The number of ketones is 1. The summed E-state index contributed by atoms with van der Waals surface area (Å²) in [6.07, 6.45) is 1.66. The van der Waals surface area contributed by atoms with Crippen LogP contribution in [0.2, 0.25) is 0 Å². The van der Waals surface area contributed by atoms with E-state index in [-0.39, 0.29) is 22.8 Å². The largest absolute Gasteiger partial charge is 0.486 e. The molecule has 0 aliphatic carbocycles. The van der Waals surface area contributed by atoms with Crippen LogP contribution in [0.4, 0.5) is 0 Å². The van der Waals surface area contributed by atoms with Gasteiger partial charge in [0.2, 0.25) is 10.0 Å². The monoisotopic (exact) mass is 444 g/mol. The summed E-state index contributed by atoms with van der Waals surface area (Å²) in [7, 11) is -3.64. The molecule has 2 aromatic carbocycles. The molecule has 1 saturated heterocycles. The summed E-state index contributed by atoms with van der Waals surface area (Å²) in [5.74, 6) is 0.0193. The highest BCUT2D eigenvalue weighted by molar-refractivity contribution is 7.89. The Morgan fingerprint density at radius 3 is 2.48 bits per heavy atom. The second-order valence-electron chi connectivity index (χ2n) is 7.48. The minimum absolute atomic E-state index is 0.0703. The normalized spacial score (nSPS) is 16.6. The van der Waals surface area contributed by atoms with Crippen molar-refractivity contribution in [1.82, 2.24) is 8.87 Å². The van der Waals surface area contributed by atoms with E-state index in [2.05, 4.69) is 0 Å². The van der Waals surface area contributed by atoms with Gasteiger partial charge in [-0.05, 0) is 43.2 Å². The van der Waals surface area contributed by atoms with Gasteiger partial charge in [0.25, 0.3) is 0 Å². The SMILES string of the molecule is O=C(Cn1c(=O)oc2cc(S(=O)(=O)N3CCCC3)ccc21)c1ccc2c(c1)OCCO2. The summed E-state index contributed by atoms with van der Waals surface area (Å²) in [6.45, 7) is 1.57. The number of benzene rings is 2. The molecule has 10 heteroatoms. The number of aromatic nitrogens is 1. The Hall–Kier alpha value is -3.11. The van der Waals surface area contributed by atoms with Gasteiger partial charge in [0.1, 0.15) is 13.2 Å². The number of oxazole rings is 1. The molecular weight excluding hydrogens is 424 g/mol. The van der Waals surface area contributed by atoms with Gasteiger partial charge in [0.15, 0.2) is 22.9 Å². The van der Waals surface area contributed by atoms with Gasteiger partial charge in [0, 0.05) is 24.7 Å². The zero-order valence-corrected chi connectivity index (χ0v) is 17.4. The molecule has 0 saturated carbocycles. The number of hydrogen-bond donors (Lipinski definition) is 0. The highest BCUT2D eigenvalue weighted by Crippen LogP contribution is 2.31. The van der Waals surface area contributed by atoms with Crippen molar-refractivity contribution in [2.75, 3.05) is 26.3 Å². The van der Waals surface area contributed by atoms with Crippen LogP contribution < -0.4 is 15.2 Å². The van der Waals surface area contributed by atoms with Crippen molar-refractivity contribution in [2.45, 2.75) is 24.3 Å². The fourth-order valence-electron chi connectivity index (χ4n) is 3.89. The number of ether oxygens (including phenoxy) is 2. The lowest BCUT2D eigenvalue weighted by Crippen LogP contribution is -2.27. The molecule has 0 atom stereocenters. The Bertz CT molecular complexity index is 1330. The van der Waals surface area contributed by atoms with Gasteiger partial charge in [-0.3, -0.25) is 9.36 Å². The smallest absolute Gasteiger partial charge is 0.420 e. The van der Waals surface area contributed by atoms with Crippen molar-refractivity contribution in [1.29, 1.82) is 0 Å². The average molecular weight is 444 g/mol. The van der Waals surface area contributed by atoms with Gasteiger partial charge in [0.05, 0.1) is 17.0 Å². The number of sulfonamides is 1. The molecule has 2 aliphatic heterocycles. The standard InChI is InChI=1S/C21H20N2O7S/c24-17(14-3-6-18-20(11-14)29-10-9-28-18)13-23-16-5-4-15(12-19(16)30-21(23)25)31(26,27)22-7-1-2-8-22/h3-6,11-12H,1-2,7-10,13H2. The summed E-state index contributed by atoms with van der Waals surface area (Å²) in [6, 6.07) is 9.15. The van der Waals surface area contributed by atoms with Crippen molar-refractivity contribution < 1.29 is 27.1 Å². The molecule has 0 unspecified atom stereocenters. The first-order chi connectivity index (χ1) is 14.9. The number of carbonyl (C=O) groups is 1. The number of rotatable bonds is 5. The van der Waals surface area contributed by atoms with Crippen LogP contribution in [0.1, 0.15) is 23.2 Å². The van der Waals surface area contributed by atoms with Crippen molar-refractivity contribution >= 4 is 26.9 Å². The maximum absolute atomic E-state index is 12.8. The lowest BCUT2D eigenvalue weighted by molar-refractivity contribution is 0.0969. The Labute approximate surface area is 177 Å². The zero-order valence-electron chi connectivity index (χ0n) is 16.6. The molecule has 162 valence electrons. The number of fused-ring (bicyclic) bond motifs is 2. The van der Waals surface area contributed by atoms with Crippen LogP contribution >= 0.6 is 0 Å². The molecule has 9 nitrogen and oxygen atoms in total. The molecule has 3 heterocycles. The second kappa shape index (κ2) is 7.54. The third-order valence-corrected chi connectivity index (χ3v) is 7.40. The molecule has 31 heavy (non-hydrogen) atoms. The molecule has 0 N–H and O–H groups in total. The highest BCUT2D eigenvalue weighted by Gasteiger charge is 2.28. The second-order valence-corrected chi connectivity index (χ2v) is 9.41. The summed E-state index contributed by atoms with van der Waals surface area (Å²) in [5.41, 5.74) is 0.857. The molecule has 3 aromatic rings. The molecule has 0 amide bonds. The number of Topliss-reactive ketones (excluding diaryl/α,β-unsaturated/α-hetero) is 1. The Kier molecular flexibility index (Phi) is 4.82. The fraction of sp³-hybridized carbons (Fsp3) is 0.333. The van der Waals surface area contributed by atoms with Crippen molar-refractivity contribution in [3.05, 3.63) is 52.5 Å². The van der Waals surface area contributed by atoms with E-state index in [1.165, 1.54) is 27.1 Å². The van der Waals surface area contributed by atoms with E-state index in [0.717, 1.165) is 12.8 Å². The lowest BCUT2D eigenvalue weighted by atomic mass is 10.1. The summed E-state index contributed by atoms with van der Waals surface area (Å²) < 4.78 is 44.4. The number of nitrogens with zero attached hydrogens (tertiary/aromatic N) is 2. The van der Waals surface area contributed by atoms with Crippen LogP contribution in [-0.2, 0) is 16.6 Å². The fourth-order valence-corrected chi connectivity index (χ4v) is 5.42. The molecule has 0 spiro atoms. The lowest BCUT2D eigenvalue weighted by Gasteiger charge is -2.18. The molecule has 0 radical (unpaired) electrons. The maximum Gasteiger partial charge on any atom is 0.420 e. The summed E-state index contributed by atoms with van der Waals surface area (Å²) in [4.78, 5) is 25.3. The van der Waals surface area contributed by atoms with Crippen LogP contribution in [0.3, 0.4) is 0 Å². The Morgan fingerprint density at radius 1 is 0.968 bits per heavy atom. The third kappa shape index (κ3) is 3.51. The Balaban J connectivity index is 1.45. The van der Waals surface area contributed by atoms with E-state index in [4.69, 9.17) is 13.9 Å². The highest BCUT2D eigenvalue weighted by atomic mass is 32.2. The first kappa shape index (κ1) is 19.8. The van der Waals surface area contributed by atoms with Crippen LogP contribution in [0.25, 0.3) is 11.1 Å². The van der Waals surface area contributed by atoms with E-state index < -0.39 is 15.8 Å². The quantitative estimate of drug-likeness (QED) is 0.554. The minimum Gasteiger partial charge on any atom is -0.486 e. The zero-order chi connectivity index (χ0) is 21.6. The first-order valence-electron chi connectivity index (χ1n) is 10.00. The predicted molar refractivity (Wildman–Crippen MR) is 110 cm³/mol. The summed E-state index contributed by atoms with van der Waals surface area (Å²) in [5, 5.41) is 0. The van der Waals surface area contributed by atoms with Crippen LogP contribution in [0, 0.1) is 0 Å². The van der Waals surface area contributed by atoms with Crippen molar-refractivity contribution in [3.63, 3.8) is 0 Å². The minimum atomic E-state index is -3.64. The first-order valence-corrected chi connectivity index (χ1v) is 11.4. The van der Waals surface area contributed by atoms with Crippen molar-refractivity contribution in [2.24, 2.45) is 0 Å². The van der Waals surface area contributed by atoms with Gasteiger partial charge in [-0.2, -0.15) is 4.31 Å². The predicted octanol–water partition coefficient (Wildman–Crippen LogP) is 2.03. The van der Waals surface area contributed by atoms with Gasteiger partial charge >= 0.3 is 5.76 Å². The number of carbonyl (C=O) groups excluding carboxylic acids is 1. The van der Waals surface area contributed by atoms with Crippen LogP contribution in [0.15, 0.2) is 50.5 Å². The van der Waals surface area contributed by atoms with Gasteiger partial charge in [-0.1, -0.05) is 0 Å². The number of hydrogen-bond acceptors (Lipinski definition) is 7. The van der Waals surface area contributed by atoms with Crippen LogP contribution in [-0.4, -0.2) is 49.4 Å². The average Bonchev–Trinajstić information content (AvgIpc) is 3.42. The summed E-state index contributed by atoms with van der Waals surface area (Å²) >= 11 is 0. The Morgan fingerprint density at radius 2 is 1.71 bits per heavy atom. The van der Waals surface area contributed by atoms with E-state index >= 15 is 0 Å². The van der Waals surface area contributed by atoms with E-state index in [0.29, 0.717) is 48.9 Å². The molecule has 0 bridgehead atoms. The third-order valence-electron chi connectivity index (χ3n) is 5.51. The maximum atomic E-state index is 12.8. The van der Waals surface area contributed by atoms with E-state index in [1.807, 2.05) is 0 Å². The van der Waals surface area contributed by atoms with E-state index in [9.17, 15) is 18.0 Å². The van der Waals surface area contributed by atoms with Gasteiger partial charge in [-0.15, -0.1) is 0 Å².